The second-order valence-corrected chi connectivity index (χ2v) is 13.3. The van der Waals surface area contributed by atoms with Crippen LogP contribution in [0.3, 0.4) is 0 Å². The second kappa shape index (κ2) is 11.5. The van der Waals surface area contributed by atoms with Crippen molar-refractivity contribution < 1.29 is 26.3 Å². The van der Waals surface area contributed by atoms with E-state index in [1.165, 1.54) is 6.07 Å². The first kappa shape index (κ1) is 33.2. The molecule has 0 atom stereocenters. The number of rotatable bonds is 3. The third-order valence-electron chi connectivity index (χ3n) is 10.0. The van der Waals surface area contributed by atoms with Crippen LogP contribution in [0.4, 0.5) is 32.0 Å². The fraction of sp³-hybridized carbons (Fsp3) is 0.140. The van der Waals surface area contributed by atoms with Crippen molar-refractivity contribution in [1.82, 2.24) is 9.13 Å². The fourth-order valence-electron chi connectivity index (χ4n) is 7.91. The van der Waals surface area contributed by atoms with Crippen molar-refractivity contribution in [3.63, 3.8) is 0 Å². The molecule has 9 heteroatoms. The molecule has 0 saturated heterocycles. The quantitative estimate of drug-likeness (QED) is 0.129. The van der Waals surface area contributed by atoms with Crippen LogP contribution in [0.5, 0.6) is 0 Å². The Morgan fingerprint density at radius 2 is 0.846 bits per heavy atom. The van der Waals surface area contributed by atoms with Gasteiger partial charge < -0.3 is 9.13 Å². The van der Waals surface area contributed by atoms with Gasteiger partial charge in [-0.05, 0) is 62.1 Å². The van der Waals surface area contributed by atoms with Crippen molar-refractivity contribution in [2.75, 3.05) is 0 Å². The number of alkyl halides is 6. The third-order valence-corrected chi connectivity index (χ3v) is 10.0. The summed E-state index contributed by atoms with van der Waals surface area (Å²) < 4.78 is 95.0. The maximum atomic E-state index is 15.3. The summed E-state index contributed by atoms with van der Waals surface area (Å²) in [5, 5.41) is 2.95. The average Bonchev–Trinajstić information content (AvgIpc) is 3.63. The Labute approximate surface area is 294 Å². The molecule has 0 saturated carbocycles. The van der Waals surface area contributed by atoms with E-state index in [1.807, 2.05) is 100 Å². The molecular weight excluding hydrogens is 672 g/mol. The second-order valence-electron chi connectivity index (χ2n) is 13.3. The van der Waals surface area contributed by atoms with Crippen molar-refractivity contribution >= 4 is 49.3 Å². The maximum Gasteiger partial charge on any atom is 0.416 e. The number of aryl methyl sites for hydroxylation is 4. The highest BCUT2D eigenvalue weighted by atomic mass is 19.4. The maximum absolute atomic E-state index is 15.3. The summed E-state index contributed by atoms with van der Waals surface area (Å²) in [4.78, 5) is 3.57. The van der Waals surface area contributed by atoms with Crippen molar-refractivity contribution in [3.8, 4) is 22.5 Å². The van der Waals surface area contributed by atoms with Crippen LogP contribution in [0, 0.1) is 34.3 Å². The summed E-state index contributed by atoms with van der Waals surface area (Å²) in [6.45, 7) is 15.4. The van der Waals surface area contributed by atoms with Crippen LogP contribution in [-0.2, 0) is 12.4 Å². The van der Waals surface area contributed by atoms with Crippen LogP contribution >= 0.6 is 0 Å². The predicted molar refractivity (Wildman–Crippen MR) is 196 cm³/mol. The van der Waals surface area contributed by atoms with Gasteiger partial charge in [-0.2, -0.15) is 26.3 Å². The van der Waals surface area contributed by atoms with Crippen molar-refractivity contribution in [3.05, 3.63) is 148 Å². The van der Waals surface area contributed by atoms with Crippen LogP contribution < -0.4 is 0 Å². The summed E-state index contributed by atoms with van der Waals surface area (Å²) in [5.74, 6) is 0. The lowest BCUT2D eigenvalue weighted by molar-refractivity contribution is -0.138. The zero-order valence-electron chi connectivity index (χ0n) is 28.4. The van der Waals surface area contributed by atoms with Gasteiger partial charge in [0.1, 0.15) is 0 Å². The molecule has 0 bridgehead atoms. The SMILES string of the molecule is [C-]#[N+]c1cccc(C(F)(F)F)c1-c1c(-n2c3c(C)cccc3c3cccc(C)c32)cc(C(F)(F)F)cc1-n1c2c(C)cccc2c2cccc(C)c21. The standard InChI is InChI=1S/C43H29F6N3/c1-23-11-6-15-28-29-16-7-12-24(2)39(29)51(38(23)28)34-21-27(42(44,45)46)22-35(37(34)36-32(43(47,48)49)19-10-20-33(36)50-5)52-40-25(3)13-8-17-30(40)31-18-9-14-26(4)41(31)52/h6-22H,1-4H3. The number of aromatic nitrogens is 2. The third kappa shape index (κ3) is 4.81. The molecule has 8 rings (SSSR count). The smallest absolute Gasteiger partial charge is 0.308 e. The molecule has 3 nitrogen and oxygen atoms in total. The van der Waals surface area contributed by atoms with Gasteiger partial charge in [-0.15, -0.1) is 0 Å². The lowest BCUT2D eigenvalue weighted by Gasteiger charge is -2.26. The highest BCUT2D eigenvalue weighted by Crippen LogP contribution is 2.51. The minimum atomic E-state index is -4.95. The number of benzene rings is 6. The summed E-state index contributed by atoms with van der Waals surface area (Å²) in [6, 6.07) is 27.4. The Kier molecular flexibility index (Phi) is 7.33. The Morgan fingerprint density at radius 3 is 1.17 bits per heavy atom. The highest BCUT2D eigenvalue weighted by molar-refractivity contribution is 6.14. The number of halogens is 6. The highest BCUT2D eigenvalue weighted by Gasteiger charge is 2.39. The molecule has 0 spiro atoms. The normalized spacial score (nSPS) is 12.4. The Balaban J connectivity index is 1.74. The van der Waals surface area contributed by atoms with Gasteiger partial charge in [-0.25, -0.2) is 4.85 Å². The van der Waals surface area contributed by atoms with Crippen LogP contribution in [0.2, 0.25) is 0 Å². The predicted octanol–water partition coefficient (Wildman–Crippen LogP) is 13.4. The monoisotopic (exact) mass is 701 g/mol. The first-order valence-corrected chi connectivity index (χ1v) is 16.5. The van der Waals surface area contributed by atoms with Gasteiger partial charge >= 0.3 is 12.4 Å². The van der Waals surface area contributed by atoms with Gasteiger partial charge in [0.15, 0.2) is 5.69 Å². The van der Waals surface area contributed by atoms with Crippen LogP contribution in [0.15, 0.2) is 103 Å². The fourth-order valence-corrected chi connectivity index (χ4v) is 7.91. The molecule has 0 aliphatic heterocycles. The lowest BCUT2D eigenvalue weighted by Crippen LogP contribution is -2.14. The first-order valence-electron chi connectivity index (χ1n) is 16.5. The van der Waals surface area contributed by atoms with E-state index in [4.69, 9.17) is 6.57 Å². The largest absolute Gasteiger partial charge is 0.416 e. The average molecular weight is 702 g/mol. The van der Waals surface area contributed by atoms with E-state index < -0.39 is 29.0 Å². The van der Waals surface area contributed by atoms with E-state index in [2.05, 4.69) is 4.85 Å². The summed E-state index contributed by atoms with van der Waals surface area (Å²) in [5.41, 5.74) is 1.75. The number of fused-ring (bicyclic) bond motifs is 6. The van der Waals surface area contributed by atoms with Gasteiger partial charge in [0.25, 0.3) is 0 Å². The number of hydrogen-bond donors (Lipinski definition) is 0. The number of hydrogen-bond acceptors (Lipinski definition) is 0. The molecular formula is C43H29F6N3. The molecule has 0 unspecified atom stereocenters. The Morgan fingerprint density at radius 1 is 0.481 bits per heavy atom. The van der Waals surface area contributed by atoms with Gasteiger partial charge in [-0.1, -0.05) is 91.0 Å². The van der Waals surface area contributed by atoms with Crippen LogP contribution in [-0.4, -0.2) is 9.13 Å². The molecule has 0 amide bonds. The molecule has 258 valence electrons. The van der Waals surface area contributed by atoms with Crippen molar-refractivity contribution in [1.29, 1.82) is 0 Å². The number of para-hydroxylation sites is 4. The molecule has 2 heterocycles. The van der Waals surface area contributed by atoms with E-state index in [0.29, 0.717) is 22.1 Å². The minimum absolute atomic E-state index is 0.118. The van der Waals surface area contributed by atoms with Gasteiger partial charge in [0.2, 0.25) is 0 Å². The van der Waals surface area contributed by atoms with E-state index in [9.17, 15) is 0 Å². The zero-order chi connectivity index (χ0) is 36.9. The molecule has 2 aromatic heterocycles. The van der Waals surface area contributed by atoms with Crippen LogP contribution in [0.25, 0.3) is 71.0 Å². The number of nitrogens with zero attached hydrogens (tertiary/aromatic N) is 3. The topological polar surface area (TPSA) is 14.2 Å². The van der Waals surface area contributed by atoms with Gasteiger partial charge in [0.05, 0.1) is 51.1 Å². The van der Waals surface area contributed by atoms with E-state index in [1.54, 1.807) is 9.13 Å². The molecule has 0 fully saturated rings. The molecule has 0 aliphatic rings. The van der Waals surface area contributed by atoms with E-state index >= 15 is 26.3 Å². The Bertz CT molecular complexity index is 2560. The molecule has 52 heavy (non-hydrogen) atoms. The van der Waals surface area contributed by atoms with E-state index in [0.717, 1.165) is 68.1 Å². The van der Waals surface area contributed by atoms with Crippen LogP contribution in [0.1, 0.15) is 33.4 Å². The summed E-state index contributed by atoms with van der Waals surface area (Å²) in [7, 11) is 0. The molecule has 6 aromatic carbocycles. The van der Waals surface area contributed by atoms with Gasteiger partial charge in [0, 0.05) is 32.7 Å². The van der Waals surface area contributed by atoms with Crippen molar-refractivity contribution in [2.24, 2.45) is 0 Å². The molecule has 8 aromatic rings. The molecule has 0 radical (unpaired) electrons. The van der Waals surface area contributed by atoms with Gasteiger partial charge in [-0.3, -0.25) is 0 Å². The molecule has 0 aliphatic carbocycles. The first-order chi connectivity index (χ1) is 24.7. The zero-order valence-corrected chi connectivity index (χ0v) is 28.4. The van der Waals surface area contributed by atoms with Crippen molar-refractivity contribution in [2.45, 2.75) is 40.0 Å². The molecule has 0 N–H and O–H groups in total. The summed E-state index contributed by atoms with van der Waals surface area (Å²) >= 11 is 0. The minimum Gasteiger partial charge on any atom is -0.308 e. The van der Waals surface area contributed by atoms with E-state index in [-0.39, 0.29) is 22.6 Å². The lowest BCUT2D eigenvalue weighted by atomic mass is 9.92. The Hall–Kier alpha value is -6.01. The summed E-state index contributed by atoms with van der Waals surface area (Å²) in [6.07, 6.45) is -9.84.